The number of amides is 6. The van der Waals surface area contributed by atoms with Gasteiger partial charge in [-0.1, -0.05) is 56.3 Å². The smallest absolute Gasteiger partial charge is 0.404 e. The molecular formula is C35H49N6O10P. The molecule has 1 aliphatic heterocycles. The van der Waals surface area contributed by atoms with Crippen molar-refractivity contribution in [1.82, 2.24) is 26.2 Å². The van der Waals surface area contributed by atoms with Crippen LogP contribution >= 0.6 is 7.82 Å². The fourth-order valence-corrected chi connectivity index (χ4v) is 6.34. The number of benzene rings is 2. The first-order valence-corrected chi connectivity index (χ1v) is 18.6. The maximum atomic E-state index is 14.0. The molecule has 0 unspecified atom stereocenters. The lowest BCUT2D eigenvalue weighted by atomic mass is 10.00. The van der Waals surface area contributed by atoms with Gasteiger partial charge in [0.15, 0.2) is 0 Å². The molecule has 1 fully saturated rings. The zero-order valence-electron chi connectivity index (χ0n) is 29.7. The van der Waals surface area contributed by atoms with E-state index in [4.69, 9.17) is 15.5 Å². The van der Waals surface area contributed by atoms with Gasteiger partial charge < -0.3 is 36.4 Å². The van der Waals surface area contributed by atoms with E-state index in [-0.39, 0.29) is 43.9 Å². The number of nitrogens with zero attached hydrogens (tertiary/aromatic N) is 1. The number of nitrogens with two attached hydrogens (primary N) is 1. The molecule has 0 aliphatic carbocycles. The zero-order valence-corrected chi connectivity index (χ0v) is 30.6. The lowest BCUT2D eigenvalue weighted by Crippen LogP contribution is -2.58. The van der Waals surface area contributed by atoms with Gasteiger partial charge in [-0.15, -0.1) is 0 Å². The quantitative estimate of drug-likeness (QED) is 0.108. The summed E-state index contributed by atoms with van der Waals surface area (Å²) in [6.07, 6.45) is 0.792. The fraction of sp³-hybridized carbons (Fsp3) is 0.486. The first-order chi connectivity index (χ1) is 24.4. The van der Waals surface area contributed by atoms with Crippen LogP contribution in [0.2, 0.25) is 0 Å². The van der Waals surface area contributed by atoms with Crippen LogP contribution in [0.4, 0.5) is 0 Å². The Morgan fingerprint density at radius 2 is 1.52 bits per heavy atom. The molecule has 52 heavy (non-hydrogen) atoms. The van der Waals surface area contributed by atoms with Crippen molar-refractivity contribution in [3.63, 3.8) is 0 Å². The maximum absolute atomic E-state index is 14.0. The number of likely N-dealkylation sites (tertiary alicyclic amines) is 1. The average Bonchev–Trinajstić information content (AvgIpc) is 3.56. The highest BCUT2D eigenvalue weighted by atomic mass is 31.2. The van der Waals surface area contributed by atoms with Crippen LogP contribution in [0, 0.1) is 5.92 Å². The average molecular weight is 745 g/mol. The molecule has 1 aliphatic rings. The zero-order chi connectivity index (χ0) is 38.6. The SMILES string of the molecule is CC(=O)N[C@@H](Cc1ccc(OP(=O)(O)O)cc1)C(=O)N[C@@H](CC(C)C)C(=O)N1CCC[C@H]1C(=O)N[C@@H](CCC(N)=O)C(=O)N[C@H](C)c1ccccc1. The second kappa shape index (κ2) is 19.2. The van der Waals surface area contributed by atoms with Crippen LogP contribution in [0.1, 0.15) is 77.0 Å². The number of hydrogen-bond acceptors (Lipinski definition) is 8. The maximum Gasteiger partial charge on any atom is 0.524 e. The van der Waals surface area contributed by atoms with Crippen molar-refractivity contribution in [1.29, 1.82) is 0 Å². The molecule has 6 amide bonds. The summed E-state index contributed by atoms with van der Waals surface area (Å²) in [6.45, 7) is 6.98. The largest absolute Gasteiger partial charge is 0.524 e. The third kappa shape index (κ3) is 13.4. The van der Waals surface area contributed by atoms with Crippen molar-refractivity contribution in [2.75, 3.05) is 6.54 Å². The number of hydrogen-bond donors (Lipinski definition) is 7. The molecular weight excluding hydrogens is 695 g/mol. The van der Waals surface area contributed by atoms with Crippen LogP contribution in [0.25, 0.3) is 0 Å². The van der Waals surface area contributed by atoms with E-state index in [2.05, 4.69) is 25.8 Å². The third-order valence-corrected chi connectivity index (χ3v) is 8.86. The minimum Gasteiger partial charge on any atom is -0.404 e. The van der Waals surface area contributed by atoms with Crippen molar-refractivity contribution in [3.8, 4) is 5.75 Å². The minimum atomic E-state index is -4.77. The van der Waals surface area contributed by atoms with Gasteiger partial charge in [-0.3, -0.25) is 38.6 Å². The Labute approximate surface area is 302 Å². The summed E-state index contributed by atoms with van der Waals surface area (Å²) in [5.74, 6) is -3.55. The van der Waals surface area contributed by atoms with E-state index in [0.29, 0.717) is 18.4 Å². The van der Waals surface area contributed by atoms with Gasteiger partial charge in [0, 0.05) is 26.3 Å². The van der Waals surface area contributed by atoms with Crippen LogP contribution in [0.5, 0.6) is 5.75 Å². The van der Waals surface area contributed by atoms with E-state index in [1.165, 1.54) is 36.1 Å². The molecule has 0 radical (unpaired) electrons. The molecule has 0 aromatic heterocycles. The number of nitrogens with one attached hydrogen (secondary N) is 4. The van der Waals surface area contributed by atoms with Crippen molar-refractivity contribution in [2.45, 2.75) is 96.4 Å². The topological polar surface area (TPSA) is 247 Å². The molecule has 5 atom stereocenters. The van der Waals surface area contributed by atoms with Crippen LogP contribution < -0.4 is 31.5 Å². The Morgan fingerprint density at radius 3 is 2.10 bits per heavy atom. The summed E-state index contributed by atoms with van der Waals surface area (Å²) in [4.78, 5) is 97.8. The van der Waals surface area contributed by atoms with E-state index in [9.17, 15) is 33.3 Å². The highest BCUT2D eigenvalue weighted by molar-refractivity contribution is 7.46. The van der Waals surface area contributed by atoms with E-state index in [0.717, 1.165) is 5.56 Å². The Hall–Kier alpha value is -4.79. The first-order valence-electron chi connectivity index (χ1n) is 17.1. The van der Waals surface area contributed by atoms with Crippen LogP contribution in [0.15, 0.2) is 54.6 Å². The minimum absolute atomic E-state index is 0.0173. The van der Waals surface area contributed by atoms with Crippen molar-refractivity contribution < 1.29 is 47.6 Å². The Balaban J connectivity index is 1.75. The lowest BCUT2D eigenvalue weighted by molar-refractivity contribution is -0.142. The highest BCUT2D eigenvalue weighted by Crippen LogP contribution is 2.37. The molecule has 284 valence electrons. The molecule has 17 heteroatoms. The van der Waals surface area contributed by atoms with E-state index < -0.39 is 73.5 Å². The van der Waals surface area contributed by atoms with Gasteiger partial charge in [-0.05, 0) is 61.8 Å². The summed E-state index contributed by atoms with van der Waals surface area (Å²) in [7, 11) is -4.77. The van der Waals surface area contributed by atoms with Crippen LogP contribution in [-0.2, 0) is 39.8 Å². The molecule has 16 nitrogen and oxygen atoms in total. The van der Waals surface area contributed by atoms with Gasteiger partial charge >= 0.3 is 7.82 Å². The van der Waals surface area contributed by atoms with Crippen LogP contribution in [0.3, 0.4) is 0 Å². The molecule has 2 aromatic rings. The van der Waals surface area contributed by atoms with Gasteiger partial charge in [0.2, 0.25) is 35.4 Å². The normalized spacial score (nSPS) is 16.6. The Morgan fingerprint density at radius 1 is 0.885 bits per heavy atom. The first kappa shape index (κ1) is 41.6. The predicted octanol–water partition coefficient (Wildman–Crippen LogP) is 1.35. The molecule has 0 spiro atoms. The standard InChI is InChI=1S/C35H49N6O10P/c1-21(2)19-29(40-33(45)28(38-23(4)42)20-24-12-14-26(15-13-24)51-52(48,49)50)35(47)41-18-8-11-30(41)34(46)39-27(16-17-31(36)43)32(44)37-22(3)25-9-6-5-7-10-25/h5-7,9-10,12-15,21-22,27-30H,8,11,16-20H2,1-4H3,(H2,36,43)(H,37,44)(H,38,42)(H,39,46)(H,40,45)(H2,48,49,50)/t22-,27+,28+,29+,30+/m1/s1. The highest BCUT2D eigenvalue weighted by Gasteiger charge is 2.39. The summed E-state index contributed by atoms with van der Waals surface area (Å²) in [6, 6.07) is 10.2. The fourth-order valence-electron chi connectivity index (χ4n) is 5.94. The van der Waals surface area contributed by atoms with Crippen molar-refractivity contribution >= 4 is 43.3 Å². The number of rotatable bonds is 18. The summed E-state index contributed by atoms with van der Waals surface area (Å²) >= 11 is 0. The predicted molar refractivity (Wildman–Crippen MR) is 190 cm³/mol. The molecule has 2 aromatic carbocycles. The third-order valence-electron chi connectivity index (χ3n) is 8.41. The summed E-state index contributed by atoms with van der Waals surface area (Å²) in [5, 5.41) is 10.9. The second-order valence-corrected chi connectivity index (χ2v) is 14.4. The monoisotopic (exact) mass is 744 g/mol. The molecule has 1 heterocycles. The molecule has 8 N–H and O–H groups in total. The van der Waals surface area contributed by atoms with E-state index in [1.54, 1.807) is 6.92 Å². The van der Waals surface area contributed by atoms with E-state index >= 15 is 0 Å². The summed E-state index contributed by atoms with van der Waals surface area (Å²) in [5.41, 5.74) is 6.72. The Kier molecular flexibility index (Phi) is 15.3. The Bertz CT molecular complexity index is 1620. The number of carbonyl (C=O) groups excluding carboxylic acids is 6. The van der Waals surface area contributed by atoms with Crippen molar-refractivity contribution in [2.24, 2.45) is 11.7 Å². The number of primary amides is 1. The van der Waals surface area contributed by atoms with Gasteiger partial charge in [-0.25, -0.2) is 4.57 Å². The van der Waals surface area contributed by atoms with Gasteiger partial charge in [0.1, 0.15) is 29.9 Å². The van der Waals surface area contributed by atoms with Crippen molar-refractivity contribution in [3.05, 3.63) is 65.7 Å². The van der Waals surface area contributed by atoms with Gasteiger partial charge in [-0.2, -0.15) is 0 Å². The number of phosphoric ester groups is 1. The van der Waals surface area contributed by atoms with E-state index in [1.807, 2.05) is 44.2 Å². The molecule has 0 bridgehead atoms. The lowest BCUT2D eigenvalue weighted by Gasteiger charge is -2.31. The molecule has 3 rings (SSSR count). The summed E-state index contributed by atoms with van der Waals surface area (Å²) < 4.78 is 15.7. The molecule has 0 saturated carbocycles. The number of carbonyl (C=O) groups is 6. The van der Waals surface area contributed by atoms with Crippen LogP contribution in [-0.4, -0.2) is 80.8 Å². The van der Waals surface area contributed by atoms with Gasteiger partial charge in [0.25, 0.3) is 0 Å². The molecule has 1 saturated heterocycles. The van der Waals surface area contributed by atoms with Gasteiger partial charge in [0.05, 0.1) is 6.04 Å². The number of phosphoric acid groups is 1. The second-order valence-electron chi connectivity index (χ2n) is 13.3.